The van der Waals surface area contributed by atoms with Gasteiger partial charge in [-0.2, -0.15) is 0 Å². The Hall–Kier alpha value is -0.545. The number of rotatable bonds is 6. The molecule has 0 aromatic rings. The highest BCUT2D eigenvalue weighted by Crippen LogP contribution is 2.14. The van der Waals surface area contributed by atoms with Gasteiger partial charge in [0.2, 0.25) is 0 Å². The van der Waals surface area contributed by atoms with Crippen molar-refractivity contribution in [2.45, 2.75) is 39.5 Å². The molecule has 76 valence electrons. The first kappa shape index (κ1) is 12.5. The lowest BCUT2D eigenvalue weighted by Gasteiger charge is -2.12. The molecule has 5 heteroatoms. The van der Waals surface area contributed by atoms with Gasteiger partial charge in [0, 0.05) is 0 Å². The molecule has 0 saturated heterocycles. The van der Waals surface area contributed by atoms with E-state index in [9.17, 15) is 4.79 Å². The third kappa shape index (κ3) is 5.66. The molecule has 1 unspecified atom stereocenters. The second-order valence-corrected chi connectivity index (χ2v) is 3.01. The molecule has 0 bridgehead atoms. The van der Waals surface area contributed by atoms with Crippen LogP contribution in [0.1, 0.15) is 39.5 Å². The fourth-order valence-electron chi connectivity index (χ4n) is 1.14. The summed E-state index contributed by atoms with van der Waals surface area (Å²) in [4.78, 5) is 11.1. The van der Waals surface area contributed by atoms with Crippen LogP contribution in [0.3, 0.4) is 0 Å². The van der Waals surface area contributed by atoms with Gasteiger partial charge in [-0.15, -0.1) is 0 Å². The SMILES string of the molecule is CCCCC(CC)C(=O)OB(O)O. The van der Waals surface area contributed by atoms with Crippen molar-refractivity contribution in [2.75, 3.05) is 0 Å². The molecule has 2 N–H and O–H groups in total. The molecule has 0 rings (SSSR count). The Morgan fingerprint density at radius 3 is 2.46 bits per heavy atom. The summed E-state index contributed by atoms with van der Waals surface area (Å²) < 4.78 is 4.27. The van der Waals surface area contributed by atoms with E-state index in [2.05, 4.69) is 4.65 Å². The van der Waals surface area contributed by atoms with Gasteiger partial charge in [-0.3, -0.25) is 4.79 Å². The van der Waals surface area contributed by atoms with Crippen molar-refractivity contribution < 1.29 is 19.5 Å². The smallest absolute Gasteiger partial charge is 0.485 e. The Morgan fingerprint density at radius 1 is 1.46 bits per heavy atom. The summed E-state index contributed by atoms with van der Waals surface area (Å²) in [5.74, 6) is -0.729. The van der Waals surface area contributed by atoms with Gasteiger partial charge in [0.15, 0.2) is 0 Å². The van der Waals surface area contributed by atoms with Crippen LogP contribution in [-0.2, 0) is 9.45 Å². The van der Waals surface area contributed by atoms with Gasteiger partial charge in [0.25, 0.3) is 5.97 Å². The van der Waals surface area contributed by atoms with Crippen molar-refractivity contribution in [1.29, 1.82) is 0 Å². The molecule has 0 spiro atoms. The van der Waals surface area contributed by atoms with Crippen LogP contribution in [0.15, 0.2) is 0 Å². The molecular weight excluding hydrogens is 171 g/mol. The zero-order valence-electron chi connectivity index (χ0n) is 8.19. The van der Waals surface area contributed by atoms with E-state index in [0.717, 1.165) is 19.3 Å². The van der Waals surface area contributed by atoms with Crippen molar-refractivity contribution in [3.8, 4) is 0 Å². The van der Waals surface area contributed by atoms with Crippen molar-refractivity contribution >= 4 is 13.3 Å². The molecule has 0 aliphatic carbocycles. The summed E-state index contributed by atoms with van der Waals surface area (Å²) in [6.45, 7) is 3.92. The van der Waals surface area contributed by atoms with Crippen LogP contribution in [0.2, 0.25) is 0 Å². The third-order valence-electron chi connectivity index (χ3n) is 1.95. The van der Waals surface area contributed by atoms with Gasteiger partial charge >= 0.3 is 7.32 Å². The lowest BCUT2D eigenvalue weighted by molar-refractivity contribution is -0.141. The minimum atomic E-state index is -1.98. The van der Waals surface area contributed by atoms with Crippen LogP contribution in [0, 0.1) is 5.92 Å². The second-order valence-electron chi connectivity index (χ2n) is 3.01. The molecule has 0 aromatic carbocycles. The summed E-state index contributed by atoms with van der Waals surface area (Å²) in [6.07, 6.45) is 3.39. The van der Waals surface area contributed by atoms with Crippen molar-refractivity contribution in [2.24, 2.45) is 5.92 Å². The Balaban J connectivity index is 3.84. The van der Waals surface area contributed by atoms with E-state index in [1.54, 1.807) is 0 Å². The zero-order valence-corrected chi connectivity index (χ0v) is 8.19. The van der Waals surface area contributed by atoms with Crippen molar-refractivity contribution in [3.05, 3.63) is 0 Å². The quantitative estimate of drug-likeness (QED) is 0.602. The monoisotopic (exact) mass is 188 g/mol. The first-order valence-corrected chi connectivity index (χ1v) is 4.68. The maximum absolute atomic E-state index is 11.1. The Kier molecular flexibility index (Phi) is 6.63. The summed E-state index contributed by atoms with van der Waals surface area (Å²) >= 11 is 0. The van der Waals surface area contributed by atoms with Gasteiger partial charge in [-0.1, -0.05) is 26.7 Å². The average molecular weight is 188 g/mol. The number of carbonyl (C=O) groups is 1. The van der Waals surface area contributed by atoms with E-state index in [1.165, 1.54) is 0 Å². The molecule has 0 heterocycles. The van der Waals surface area contributed by atoms with E-state index in [-0.39, 0.29) is 5.92 Å². The number of hydrogen-bond donors (Lipinski definition) is 2. The maximum Gasteiger partial charge on any atom is 0.709 e. The summed E-state index contributed by atoms with van der Waals surface area (Å²) in [6, 6.07) is 0. The van der Waals surface area contributed by atoms with Crippen LogP contribution in [0.5, 0.6) is 0 Å². The number of carbonyl (C=O) groups excluding carboxylic acids is 1. The normalized spacial score (nSPS) is 12.3. The van der Waals surface area contributed by atoms with E-state index >= 15 is 0 Å². The first-order chi connectivity index (χ1) is 6.11. The Bertz CT molecular complexity index is 149. The Morgan fingerprint density at radius 2 is 2.08 bits per heavy atom. The third-order valence-corrected chi connectivity index (χ3v) is 1.95. The summed E-state index contributed by atoms with van der Waals surface area (Å²) in [5, 5.41) is 16.8. The minimum absolute atomic E-state index is 0.207. The van der Waals surface area contributed by atoms with E-state index in [4.69, 9.17) is 10.0 Å². The molecule has 0 aliphatic heterocycles. The summed E-state index contributed by atoms with van der Waals surface area (Å²) in [7, 11) is -1.98. The predicted molar refractivity (Wildman–Crippen MR) is 49.6 cm³/mol. The van der Waals surface area contributed by atoms with Gasteiger partial charge in [-0.25, -0.2) is 0 Å². The first-order valence-electron chi connectivity index (χ1n) is 4.68. The fraction of sp³-hybridized carbons (Fsp3) is 0.875. The minimum Gasteiger partial charge on any atom is -0.485 e. The summed E-state index contributed by atoms with van der Waals surface area (Å²) in [5.41, 5.74) is 0. The highest BCUT2D eigenvalue weighted by molar-refractivity contribution is 6.35. The average Bonchev–Trinajstić information content (AvgIpc) is 2.04. The predicted octanol–water partition coefficient (Wildman–Crippen LogP) is 0.715. The molecule has 0 aliphatic rings. The van der Waals surface area contributed by atoms with Crippen molar-refractivity contribution in [3.63, 3.8) is 0 Å². The van der Waals surface area contributed by atoms with Crippen LogP contribution >= 0.6 is 0 Å². The maximum atomic E-state index is 11.1. The van der Waals surface area contributed by atoms with Crippen LogP contribution < -0.4 is 0 Å². The lowest BCUT2D eigenvalue weighted by atomic mass is 9.99. The molecule has 0 fully saturated rings. The van der Waals surface area contributed by atoms with Gasteiger partial charge in [-0.05, 0) is 12.8 Å². The Labute approximate surface area is 79.1 Å². The standard InChI is InChI=1S/C8H17BO4/c1-3-5-6-7(4-2)8(10)13-9(11)12/h7,11-12H,3-6H2,1-2H3. The van der Waals surface area contributed by atoms with Gasteiger partial charge in [0.1, 0.15) is 0 Å². The van der Waals surface area contributed by atoms with Crippen LogP contribution in [0.25, 0.3) is 0 Å². The topological polar surface area (TPSA) is 66.8 Å². The molecule has 13 heavy (non-hydrogen) atoms. The largest absolute Gasteiger partial charge is 0.709 e. The fourth-order valence-corrected chi connectivity index (χ4v) is 1.14. The number of hydrogen-bond acceptors (Lipinski definition) is 4. The van der Waals surface area contributed by atoms with E-state index in [0.29, 0.717) is 6.42 Å². The highest BCUT2D eigenvalue weighted by atomic mass is 16.6. The van der Waals surface area contributed by atoms with Gasteiger partial charge < -0.3 is 14.7 Å². The molecule has 1 atom stereocenters. The molecule has 0 saturated carbocycles. The van der Waals surface area contributed by atoms with Gasteiger partial charge in [0.05, 0.1) is 5.92 Å². The molecule has 4 nitrogen and oxygen atoms in total. The van der Waals surface area contributed by atoms with E-state index in [1.807, 2.05) is 13.8 Å². The highest BCUT2D eigenvalue weighted by Gasteiger charge is 2.22. The lowest BCUT2D eigenvalue weighted by Crippen LogP contribution is -2.27. The number of unbranched alkanes of at least 4 members (excludes halogenated alkanes) is 1. The van der Waals surface area contributed by atoms with Crippen LogP contribution in [0.4, 0.5) is 0 Å². The second kappa shape index (κ2) is 6.92. The van der Waals surface area contributed by atoms with Crippen molar-refractivity contribution in [1.82, 2.24) is 0 Å². The molecule has 0 aromatic heterocycles. The van der Waals surface area contributed by atoms with Crippen LogP contribution in [-0.4, -0.2) is 23.3 Å². The molecule has 0 radical (unpaired) electrons. The zero-order chi connectivity index (χ0) is 10.3. The molecular formula is C8H17BO4. The molecule has 0 amide bonds. The van der Waals surface area contributed by atoms with E-state index < -0.39 is 13.3 Å².